The zero-order valence-electron chi connectivity index (χ0n) is 9.87. The Bertz CT molecular complexity index is 669. The molecule has 0 aliphatic heterocycles. The van der Waals surface area contributed by atoms with Crippen LogP contribution in [0.3, 0.4) is 0 Å². The van der Waals surface area contributed by atoms with Crippen molar-refractivity contribution in [3.63, 3.8) is 0 Å². The quantitative estimate of drug-likeness (QED) is 0.887. The first-order valence-electron chi connectivity index (χ1n) is 5.25. The van der Waals surface area contributed by atoms with Crippen LogP contribution >= 0.6 is 11.3 Å². The summed E-state index contributed by atoms with van der Waals surface area (Å²) in [6, 6.07) is 5.04. The van der Waals surface area contributed by atoms with Gasteiger partial charge in [0.15, 0.2) is 0 Å². The van der Waals surface area contributed by atoms with Crippen molar-refractivity contribution in [3.05, 3.63) is 35.6 Å². The molecule has 1 aromatic heterocycles. The summed E-state index contributed by atoms with van der Waals surface area (Å²) in [4.78, 5) is 0. The Labute approximate surface area is 113 Å². The van der Waals surface area contributed by atoms with Gasteiger partial charge in [-0.25, -0.2) is 17.5 Å². The van der Waals surface area contributed by atoms with Gasteiger partial charge in [-0.05, 0) is 24.6 Å². The molecule has 2 aromatic rings. The molecular weight excluding hydrogens is 291 g/mol. The minimum Gasteiger partial charge on any atom is -0.374 e. The third kappa shape index (κ3) is 3.25. The van der Waals surface area contributed by atoms with Gasteiger partial charge in [-0.1, -0.05) is 23.5 Å². The van der Waals surface area contributed by atoms with Gasteiger partial charge >= 0.3 is 0 Å². The number of halogens is 1. The second-order valence-electron chi connectivity index (χ2n) is 3.80. The molecule has 9 heteroatoms. The Morgan fingerprint density at radius 3 is 2.47 bits per heavy atom. The SMILES string of the molecule is CC(NS(=O)(=O)c1nnc(N)s1)c1ccc(F)cc1. The summed E-state index contributed by atoms with van der Waals surface area (Å²) in [6.07, 6.45) is 0. The molecule has 0 aliphatic rings. The molecule has 0 radical (unpaired) electrons. The number of benzene rings is 1. The summed E-state index contributed by atoms with van der Waals surface area (Å²) >= 11 is 0.779. The van der Waals surface area contributed by atoms with Crippen molar-refractivity contribution >= 4 is 26.5 Å². The maximum atomic E-state index is 12.8. The van der Waals surface area contributed by atoms with Crippen LogP contribution in [0, 0.1) is 5.82 Å². The van der Waals surface area contributed by atoms with Crippen LogP contribution in [0.4, 0.5) is 9.52 Å². The monoisotopic (exact) mass is 302 g/mol. The van der Waals surface area contributed by atoms with E-state index >= 15 is 0 Å². The van der Waals surface area contributed by atoms with E-state index in [1.165, 1.54) is 24.3 Å². The Morgan fingerprint density at radius 2 is 1.95 bits per heavy atom. The average molecular weight is 302 g/mol. The van der Waals surface area contributed by atoms with Crippen LogP contribution in [0.2, 0.25) is 0 Å². The molecule has 0 aliphatic carbocycles. The van der Waals surface area contributed by atoms with Crippen LogP contribution in [0.15, 0.2) is 28.6 Å². The van der Waals surface area contributed by atoms with Crippen molar-refractivity contribution in [2.75, 3.05) is 5.73 Å². The van der Waals surface area contributed by atoms with E-state index in [-0.39, 0.29) is 15.3 Å². The number of sulfonamides is 1. The fraction of sp³-hybridized carbons (Fsp3) is 0.200. The van der Waals surface area contributed by atoms with Gasteiger partial charge < -0.3 is 5.73 Å². The third-order valence-electron chi connectivity index (χ3n) is 2.35. The second kappa shape index (κ2) is 5.19. The number of nitrogens with two attached hydrogens (primary N) is 1. The Balaban J connectivity index is 2.18. The summed E-state index contributed by atoms with van der Waals surface area (Å²) in [5, 5.41) is 7.01. The number of nitrogens with one attached hydrogen (secondary N) is 1. The summed E-state index contributed by atoms with van der Waals surface area (Å²) < 4.78 is 38.9. The fourth-order valence-electron chi connectivity index (χ4n) is 1.43. The highest BCUT2D eigenvalue weighted by Gasteiger charge is 2.22. The van der Waals surface area contributed by atoms with Crippen molar-refractivity contribution < 1.29 is 12.8 Å². The smallest absolute Gasteiger partial charge is 0.270 e. The largest absolute Gasteiger partial charge is 0.374 e. The molecule has 19 heavy (non-hydrogen) atoms. The van der Waals surface area contributed by atoms with E-state index < -0.39 is 16.1 Å². The highest BCUT2D eigenvalue weighted by molar-refractivity contribution is 7.91. The van der Waals surface area contributed by atoms with Gasteiger partial charge in [-0.3, -0.25) is 0 Å². The molecule has 0 fully saturated rings. The standard InChI is InChI=1S/C10H11FN4O2S2/c1-6(7-2-4-8(11)5-3-7)15-19(16,17)10-14-13-9(12)18-10/h2-6,15H,1H3,(H2,12,13). The molecule has 0 bridgehead atoms. The first-order valence-corrected chi connectivity index (χ1v) is 7.55. The zero-order chi connectivity index (χ0) is 14.0. The van der Waals surface area contributed by atoms with Crippen molar-refractivity contribution in [2.24, 2.45) is 0 Å². The van der Waals surface area contributed by atoms with Gasteiger partial charge in [0.25, 0.3) is 10.0 Å². The zero-order valence-corrected chi connectivity index (χ0v) is 11.5. The van der Waals surface area contributed by atoms with Crippen LogP contribution in [0.5, 0.6) is 0 Å². The van der Waals surface area contributed by atoms with Crippen LogP contribution in [-0.4, -0.2) is 18.6 Å². The maximum absolute atomic E-state index is 12.8. The van der Waals surface area contributed by atoms with Crippen LogP contribution in [0.25, 0.3) is 0 Å². The summed E-state index contributed by atoms with van der Waals surface area (Å²) in [5.41, 5.74) is 5.99. The molecule has 1 heterocycles. The molecule has 2 rings (SSSR count). The third-order valence-corrected chi connectivity index (χ3v) is 5.01. The number of aromatic nitrogens is 2. The van der Waals surface area contributed by atoms with Crippen LogP contribution in [-0.2, 0) is 10.0 Å². The molecule has 0 saturated heterocycles. The van der Waals surface area contributed by atoms with Crippen molar-refractivity contribution in [1.29, 1.82) is 0 Å². The van der Waals surface area contributed by atoms with Crippen molar-refractivity contribution in [2.45, 2.75) is 17.3 Å². The summed E-state index contributed by atoms with van der Waals surface area (Å²) in [5.74, 6) is -0.379. The van der Waals surface area contributed by atoms with Crippen molar-refractivity contribution in [3.8, 4) is 0 Å². The Hall–Kier alpha value is -1.58. The lowest BCUT2D eigenvalue weighted by molar-refractivity contribution is 0.564. The lowest BCUT2D eigenvalue weighted by Gasteiger charge is -2.12. The molecule has 0 amide bonds. The predicted molar refractivity (Wildman–Crippen MR) is 69.5 cm³/mol. The number of hydrogen-bond donors (Lipinski definition) is 2. The van der Waals surface area contributed by atoms with Gasteiger partial charge in [-0.15, -0.1) is 10.2 Å². The Kier molecular flexibility index (Phi) is 3.78. The lowest BCUT2D eigenvalue weighted by Crippen LogP contribution is -2.26. The minimum absolute atomic E-state index is 0.0785. The summed E-state index contributed by atoms with van der Waals surface area (Å²) in [6.45, 7) is 1.65. The number of nitrogen functional groups attached to an aromatic ring is 1. The molecule has 102 valence electrons. The van der Waals surface area contributed by atoms with E-state index in [4.69, 9.17) is 5.73 Å². The van der Waals surface area contributed by atoms with E-state index in [2.05, 4.69) is 14.9 Å². The van der Waals surface area contributed by atoms with Crippen molar-refractivity contribution in [1.82, 2.24) is 14.9 Å². The average Bonchev–Trinajstić information content (AvgIpc) is 2.77. The van der Waals surface area contributed by atoms with Gasteiger partial charge in [-0.2, -0.15) is 0 Å². The van der Waals surface area contributed by atoms with Gasteiger partial charge in [0.05, 0.1) is 0 Å². The number of rotatable bonds is 4. The van der Waals surface area contributed by atoms with Gasteiger partial charge in [0, 0.05) is 6.04 Å². The molecule has 1 atom stereocenters. The molecule has 1 aromatic carbocycles. The number of nitrogens with zero attached hydrogens (tertiary/aromatic N) is 2. The molecule has 0 spiro atoms. The first kappa shape index (κ1) is 13.8. The highest BCUT2D eigenvalue weighted by Crippen LogP contribution is 2.20. The fourth-order valence-corrected chi connectivity index (χ4v) is 3.46. The van der Waals surface area contributed by atoms with E-state index in [9.17, 15) is 12.8 Å². The van der Waals surface area contributed by atoms with E-state index in [0.717, 1.165) is 11.3 Å². The summed E-state index contributed by atoms with van der Waals surface area (Å²) in [7, 11) is -3.78. The van der Waals surface area contributed by atoms with Crippen LogP contribution < -0.4 is 10.5 Å². The molecule has 1 unspecified atom stereocenters. The number of hydrogen-bond acceptors (Lipinski definition) is 6. The van der Waals surface area contributed by atoms with Crippen LogP contribution in [0.1, 0.15) is 18.5 Å². The molecular formula is C10H11FN4O2S2. The number of anilines is 1. The van der Waals surface area contributed by atoms with E-state index in [1.54, 1.807) is 6.92 Å². The minimum atomic E-state index is -3.78. The lowest BCUT2D eigenvalue weighted by atomic mass is 10.1. The second-order valence-corrected chi connectivity index (χ2v) is 6.70. The van der Waals surface area contributed by atoms with E-state index in [0.29, 0.717) is 5.56 Å². The first-order chi connectivity index (χ1) is 8.88. The van der Waals surface area contributed by atoms with E-state index in [1.807, 2.05) is 0 Å². The molecule has 0 saturated carbocycles. The maximum Gasteiger partial charge on any atom is 0.270 e. The van der Waals surface area contributed by atoms with Gasteiger partial charge in [0.1, 0.15) is 5.82 Å². The van der Waals surface area contributed by atoms with Gasteiger partial charge in [0.2, 0.25) is 9.47 Å². The molecule has 3 N–H and O–H groups in total. The molecule has 6 nitrogen and oxygen atoms in total. The normalized spacial score (nSPS) is 13.4. The predicted octanol–water partition coefficient (Wildman–Crippen LogP) is 1.30. The topological polar surface area (TPSA) is 98.0 Å². The highest BCUT2D eigenvalue weighted by atomic mass is 32.2. The Morgan fingerprint density at radius 1 is 1.32 bits per heavy atom.